The molecule has 0 aliphatic carbocycles. The topological polar surface area (TPSA) is 61.2 Å². The third-order valence-electron chi connectivity index (χ3n) is 4.83. The number of benzene rings is 3. The predicted molar refractivity (Wildman–Crippen MR) is 117 cm³/mol. The minimum absolute atomic E-state index is 0.295. The second-order valence-corrected chi connectivity index (χ2v) is 7.75. The number of halogens is 2. The normalized spacial score (nSPS) is 19.5. The van der Waals surface area contributed by atoms with Gasteiger partial charge in [0, 0.05) is 26.7 Å². The molecule has 150 valence electrons. The number of amides is 2. The predicted octanol–water partition coefficient (Wildman–Crippen LogP) is 4.01. The van der Waals surface area contributed by atoms with Gasteiger partial charge in [0.2, 0.25) is 12.3 Å². The molecule has 1 fully saturated rings. The lowest BCUT2D eigenvalue weighted by molar-refractivity contribution is -0.596. The minimum atomic E-state index is -0.779. The third kappa shape index (κ3) is 4.37. The summed E-state index contributed by atoms with van der Waals surface area (Å²) in [6.45, 7) is 0. The number of carbonyl (C=O) groups excluding carboxylic acids is 2. The number of hydrogen-bond acceptors (Lipinski definition) is 2. The smallest absolute Gasteiger partial charge is 0.304 e. The van der Waals surface area contributed by atoms with Crippen LogP contribution < -0.4 is 10.7 Å². The number of rotatable bonds is 4. The van der Waals surface area contributed by atoms with Crippen LogP contribution in [0.3, 0.4) is 0 Å². The van der Waals surface area contributed by atoms with Gasteiger partial charge >= 0.3 is 5.91 Å². The van der Waals surface area contributed by atoms with Crippen LogP contribution in [0.25, 0.3) is 0 Å². The Morgan fingerprint density at radius 3 is 2.13 bits per heavy atom. The van der Waals surface area contributed by atoms with Crippen molar-refractivity contribution in [2.24, 2.45) is 0 Å². The molecule has 2 atom stereocenters. The van der Waals surface area contributed by atoms with Gasteiger partial charge in [-0.1, -0.05) is 53.5 Å². The highest BCUT2D eigenvalue weighted by Crippen LogP contribution is 2.25. The summed E-state index contributed by atoms with van der Waals surface area (Å²) in [6.07, 6.45) is 1.82. The monoisotopic (exact) mass is 438 g/mol. The van der Waals surface area contributed by atoms with Crippen LogP contribution in [0.15, 0.2) is 78.9 Å². The lowest BCUT2D eigenvalue weighted by atomic mass is 10.00. The number of carbonyl (C=O) groups is 2. The van der Waals surface area contributed by atoms with Crippen LogP contribution in [-0.4, -0.2) is 28.8 Å². The van der Waals surface area contributed by atoms with Crippen molar-refractivity contribution in [2.45, 2.75) is 12.1 Å². The van der Waals surface area contributed by atoms with Gasteiger partial charge in [0.25, 0.3) is 5.91 Å². The molecular formula is C23H18Cl2N3O2+. The van der Waals surface area contributed by atoms with Gasteiger partial charge in [-0.15, -0.1) is 10.1 Å². The summed E-state index contributed by atoms with van der Waals surface area (Å²) in [4.78, 5) is 25.6. The molecular weight excluding hydrogens is 421 g/mol. The fourth-order valence-electron chi connectivity index (χ4n) is 3.37. The zero-order valence-corrected chi connectivity index (χ0v) is 17.3. The van der Waals surface area contributed by atoms with Crippen LogP contribution in [0.1, 0.15) is 27.5 Å². The Hall–Kier alpha value is -3.15. The first kappa shape index (κ1) is 20.1. The van der Waals surface area contributed by atoms with Crippen molar-refractivity contribution in [3.8, 4) is 0 Å². The number of nitrogens with one attached hydrogen (secondary N) is 2. The largest absolute Gasteiger partial charge is 0.334 e. The van der Waals surface area contributed by atoms with Crippen LogP contribution >= 0.6 is 23.2 Å². The summed E-state index contributed by atoms with van der Waals surface area (Å²) >= 11 is 11.9. The molecule has 0 radical (unpaired) electrons. The number of hydrogen-bond donors (Lipinski definition) is 2. The van der Waals surface area contributed by atoms with Crippen molar-refractivity contribution >= 4 is 41.2 Å². The fourth-order valence-corrected chi connectivity index (χ4v) is 3.62. The average Bonchev–Trinajstić information content (AvgIpc) is 3.05. The zero-order chi connectivity index (χ0) is 21.1. The summed E-state index contributed by atoms with van der Waals surface area (Å²) in [5.41, 5.74) is 5.04. The highest BCUT2D eigenvalue weighted by molar-refractivity contribution is 6.31. The van der Waals surface area contributed by atoms with Crippen molar-refractivity contribution < 1.29 is 14.3 Å². The van der Waals surface area contributed by atoms with Gasteiger partial charge in [0.15, 0.2) is 6.04 Å². The number of hydrazone groups is 1. The first-order chi connectivity index (χ1) is 14.5. The highest BCUT2D eigenvalue weighted by Gasteiger charge is 2.47. The maximum atomic E-state index is 12.8. The van der Waals surface area contributed by atoms with E-state index in [4.69, 9.17) is 23.2 Å². The van der Waals surface area contributed by atoms with Crippen LogP contribution in [0.4, 0.5) is 0 Å². The van der Waals surface area contributed by atoms with E-state index in [0.717, 1.165) is 11.1 Å². The molecule has 1 aliphatic rings. The molecule has 3 aromatic rings. The first-order valence-corrected chi connectivity index (χ1v) is 10.1. The van der Waals surface area contributed by atoms with E-state index in [1.165, 1.54) is 0 Å². The van der Waals surface area contributed by atoms with Crippen molar-refractivity contribution in [3.63, 3.8) is 0 Å². The van der Waals surface area contributed by atoms with Gasteiger partial charge in [-0.3, -0.25) is 9.59 Å². The molecule has 4 rings (SSSR count). The van der Waals surface area contributed by atoms with E-state index in [1.807, 2.05) is 48.7 Å². The lowest BCUT2D eigenvalue weighted by Crippen LogP contribution is -2.42. The maximum Gasteiger partial charge on any atom is 0.304 e. The molecule has 0 aromatic heterocycles. The van der Waals surface area contributed by atoms with Crippen LogP contribution in [-0.2, 0) is 4.79 Å². The Labute approximate surface area is 183 Å². The van der Waals surface area contributed by atoms with E-state index >= 15 is 0 Å². The van der Waals surface area contributed by atoms with Crippen molar-refractivity contribution in [1.29, 1.82) is 0 Å². The average molecular weight is 439 g/mol. The standard InChI is InChI=1S/C23H17Cl2N3O2/c24-18-10-6-15(7-11-18)14-28-21(16-4-2-1-3-5-16)20(23(30)27-28)26-22(29)17-8-12-19(25)13-9-17/h1-14,20-21H,(H-,26,27,29,30)/p+1/b28-14-/t20-,21+/m1/s1. The van der Waals surface area contributed by atoms with Crippen molar-refractivity contribution in [1.82, 2.24) is 10.7 Å². The molecule has 1 aliphatic heterocycles. The molecule has 0 saturated carbocycles. The van der Waals surface area contributed by atoms with Crippen molar-refractivity contribution in [2.75, 3.05) is 0 Å². The van der Waals surface area contributed by atoms with E-state index in [1.54, 1.807) is 41.1 Å². The van der Waals surface area contributed by atoms with E-state index in [2.05, 4.69) is 10.7 Å². The fraction of sp³-hybridized carbons (Fsp3) is 0.0870. The molecule has 0 bridgehead atoms. The molecule has 30 heavy (non-hydrogen) atoms. The first-order valence-electron chi connectivity index (χ1n) is 9.32. The Morgan fingerprint density at radius 1 is 0.900 bits per heavy atom. The van der Waals surface area contributed by atoms with Gasteiger partial charge in [-0.25, -0.2) is 0 Å². The molecule has 0 spiro atoms. The van der Waals surface area contributed by atoms with Gasteiger partial charge in [0.1, 0.15) is 0 Å². The lowest BCUT2D eigenvalue weighted by Gasteiger charge is -2.14. The Balaban J connectivity index is 1.68. The van der Waals surface area contributed by atoms with E-state index in [9.17, 15) is 9.59 Å². The molecule has 1 saturated heterocycles. The number of nitrogens with zero attached hydrogens (tertiary/aromatic N) is 1. The Bertz CT molecular complexity index is 1100. The second kappa shape index (κ2) is 8.69. The summed E-state index contributed by atoms with van der Waals surface area (Å²) < 4.78 is 1.72. The zero-order valence-electron chi connectivity index (χ0n) is 15.8. The van der Waals surface area contributed by atoms with E-state index < -0.39 is 12.1 Å². The van der Waals surface area contributed by atoms with Crippen LogP contribution in [0.2, 0.25) is 10.0 Å². The quantitative estimate of drug-likeness (QED) is 0.604. The molecule has 0 unspecified atom stereocenters. The summed E-state index contributed by atoms with van der Waals surface area (Å²) in [6, 6.07) is 22.2. The molecule has 5 nitrogen and oxygen atoms in total. The third-order valence-corrected chi connectivity index (χ3v) is 5.33. The van der Waals surface area contributed by atoms with Crippen LogP contribution in [0.5, 0.6) is 0 Å². The Morgan fingerprint density at radius 2 is 1.50 bits per heavy atom. The second-order valence-electron chi connectivity index (χ2n) is 6.88. The maximum absolute atomic E-state index is 12.8. The van der Waals surface area contributed by atoms with E-state index in [0.29, 0.717) is 15.6 Å². The highest BCUT2D eigenvalue weighted by atomic mass is 35.5. The molecule has 1 heterocycles. The molecule has 2 amide bonds. The van der Waals surface area contributed by atoms with Crippen LogP contribution in [0, 0.1) is 0 Å². The molecule has 7 heteroatoms. The molecule has 3 aromatic carbocycles. The Kier molecular flexibility index (Phi) is 5.84. The van der Waals surface area contributed by atoms with Crippen molar-refractivity contribution in [3.05, 3.63) is 106 Å². The number of hydrazine groups is 1. The molecule has 2 N–H and O–H groups in total. The summed E-state index contributed by atoms with van der Waals surface area (Å²) in [5, 5.41) is 4.03. The summed E-state index contributed by atoms with van der Waals surface area (Å²) in [5.74, 6) is -0.641. The SMILES string of the molecule is O=C(N[C@H]1C(=O)N/[N+](=C\c2ccc(Cl)cc2)[C@H]1c1ccccc1)c1ccc(Cl)cc1. The van der Waals surface area contributed by atoms with Gasteiger partial charge in [-0.05, 0) is 48.5 Å². The van der Waals surface area contributed by atoms with Gasteiger partial charge < -0.3 is 5.32 Å². The van der Waals surface area contributed by atoms with Gasteiger partial charge in [-0.2, -0.15) is 0 Å². The van der Waals surface area contributed by atoms with E-state index in [-0.39, 0.29) is 11.8 Å². The van der Waals surface area contributed by atoms with Gasteiger partial charge in [0.05, 0.1) is 0 Å². The summed E-state index contributed by atoms with van der Waals surface area (Å²) in [7, 11) is 0. The minimum Gasteiger partial charge on any atom is -0.334 e.